The molecule has 4 heterocycles. The smallest absolute Gasteiger partial charge is 0.252 e. The Hall–Kier alpha value is -9.97. The van der Waals surface area contributed by atoms with E-state index in [-0.39, 0.29) is 23.0 Å². The number of anilines is 6. The topological polar surface area (TPSA) is 24.3 Å². The molecule has 2 aromatic heterocycles. The number of aromatic nitrogens is 2. The minimum Gasteiger partial charge on any atom is -0.310 e. The molecule has 0 radical (unpaired) electrons. The van der Waals surface area contributed by atoms with Gasteiger partial charge in [0.15, 0.2) is 0 Å². The van der Waals surface area contributed by atoms with Gasteiger partial charge >= 0.3 is 0 Å². The first kappa shape index (κ1) is 54.7. The third-order valence-corrected chi connectivity index (χ3v) is 18.4. The molecule has 0 spiro atoms. The third kappa shape index (κ3) is 9.17. The summed E-state index contributed by atoms with van der Waals surface area (Å²) in [5.74, 6) is 0.908. The summed E-state index contributed by atoms with van der Waals surface area (Å²) in [4.78, 5) is 11.1. The monoisotopic (exact) mass is 1130 g/mol. The largest absolute Gasteiger partial charge is 0.310 e. The second-order valence-corrected chi connectivity index (χ2v) is 27.2. The Morgan fingerprint density at radius 3 is 1.12 bits per heavy atom. The van der Waals surface area contributed by atoms with Gasteiger partial charge in [-0.15, -0.1) is 0 Å². The quantitative estimate of drug-likeness (QED) is 0.142. The number of benzene rings is 11. The van der Waals surface area contributed by atoms with Crippen molar-refractivity contribution in [3.05, 3.63) is 284 Å². The van der Waals surface area contributed by atoms with Gasteiger partial charge in [0.2, 0.25) is 0 Å². The lowest BCUT2D eigenvalue weighted by Gasteiger charge is -2.46. The fraction of sp³-hybridized carbons (Fsp3) is 0.145. The predicted octanol–water partition coefficient (Wildman–Crippen LogP) is 20.5. The van der Waals surface area contributed by atoms with Gasteiger partial charge in [-0.25, -0.2) is 4.98 Å². The van der Waals surface area contributed by atoms with Crippen LogP contribution in [0.5, 0.6) is 0 Å². The van der Waals surface area contributed by atoms with Crippen LogP contribution in [0.15, 0.2) is 267 Å². The summed E-state index contributed by atoms with van der Waals surface area (Å²) in [5.41, 5.74) is 27.5. The molecule has 0 fully saturated rings. The molecule has 11 aromatic carbocycles. The molecule has 5 heteroatoms. The number of fused-ring (bicyclic) bond motifs is 7. The number of rotatable bonds is 8. The molecule has 0 N–H and O–H groups in total. The fourth-order valence-electron chi connectivity index (χ4n) is 13.9. The number of hydrogen-bond donors (Lipinski definition) is 0. The highest BCUT2D eigenvalue weighted by Gasteiger charge is 2.46. The first-order valence-corrected chi connectivity index (χ1v) is 31.1. The molecule has 2 aliphatic rings. The molecule has 0 unspecified atom stereocenters. The Kier molecular flexibility index (Phi) is 13.0. The number of para-hydroxylation sites is 4. The van der Waals surface area contributed by atoms with Crippen molar-refractivity contribution in [1.29, 1.82) is 0 Å². The highest BCUT2D eigenvalue weighted by molar-refractivity contribution is 7.00. The van der Waals surface area contributed by atoms with Crippen LogP contribution in [0.1, 0.15) is 79.0 Å². The van der Waals surface area contributed by atoms with E-state index in [1.807, 2.05) is 0 Å². The molecule has 0 saturated carbocycles. The molecule has 0 atom stereocenters. The van der Waals surface area contributed by atoms with Crippen LogP contribution in [0.25, 0.3) is 83.4 Å². The molecule has 426 valence electrons. The van der Waals surface area contributed by atoms with Crippen molar-refractivity contribution in [2.75, 3.05) is 9.80 Å². The molecule has 0 aliphatic carbocycles. The summed E-state index contributed by atoms with van der Waals surface area (Å²) in [7, 11) is 0. The SMILES string of the molecule is CC(C)(C)c1cc(-c2ccc3c(c2)B2c4cc(C(C)(C)C)ccc4N(c4c(-c5ccccc5)cccc4-c4ccccc4)c4cc(C(C)(C)C)cc(c42)N3c2c(-c3ccccc3)cccc2-c2ccccc2)nc(-n2c3ccccc3c3ccccc32)c1. The van der Waals surface area contributed by atoms with Crippen LogP contribution in [-0.2, 0) is 16.2 Å². The van der Waals surface area contributed by atoms with E-state index in [0.29, 0.717) is 0 Å². The number of hydrogen-bond acceptors (Lipinski definition) is 3. The standard InChI is InChI=1S/C83H71BN4/c1-81(2,3)59-45-47-74-69(49-59)84-68-48-58(70-50-60(82(4,5)6)53-77(85-70)86-71-42-24-22-36-66(71)67-37-23-25-43-72(67)86)44-46-73(68)87(79-62(54-28-14-10-15-29-54)38-26-39-63(79)55-30-16-11-17-31-55)75-51-61(83(7,8)9)52-76(78(75)84)88(74)80-64(56-32-18-12-19-33-56)40-27-41-65(80)57-34-20-13-21-35-57/h10-53H,1-9H3. The van der Waals surface area contributed by atoms with Crippen molar-refractivity contribution in [2.45, 2.75) is 78.6 Å². The molecule has 0 saturated heterocycles. The van der Waals surface area contributed by atoms with Gasteiger partial charge in [0, 0.05) is 55.8 Å². The number of pyridine rings is 1. The lowest BCUT2D eigenvalue weighted by molar-refractivity contribution is 0.589. The van der Waals surface area contributed by atoms with E-state index in [2.05, 4.69) is 344 Å². The zero-order valence-electron chi connectivity index (χ0n) is 51.8. The van der Waals surface area contributed by atoms with Gasteiger partial charge in [0.1, 0.15) is 5.82 Å². The molecule has 0 bridgehead atoms. The van der Waals surface area contributed by atoms with Crippen LogP contribution in [-0.4, -0.2) is 16.3 Å². The summed E-state index contributed by atoms with van der Waals surface area (Å²) in [6, 6.07) is 99.8. The molecule has 0 amide bonds. The maximum absolute atomic E-state index is 5.82. The Labute approximate surface area is 519 Å². The Morgan fingerprint density at radius 1 is 0.307 bits per heavy atom. The van der Waals surface area contributed by atoms with Crippen molar-refractivity contribution < 1.29 is 0 Å². The van der Waals surface area contributed by atoms with Crippen LogP contribution in [0.3, 0.4) is 0 Å². The van der Waals surface area contributed by atoms with E-state index < -0.39 is 0 Å². The third-order valence-electron chi connectivity index (χ3n) is 18.4. The van der Waals surface area contributed by atoms with E-state index >= 15 is 0 Å². The predicted molar refractivity (Wildman–Crippen MR) is 376 cm³/mol. The van der Waals surface area contributed by atoms with E-state index in [0.717, 1.165) is 78.6 Å². The molecule has 4 nitrogen and oxygen atoms in total. The summed E-state index contributed by atoms with van der Waals surface area (Å²) >= 11 is 0. The van der Waals surface area contributed by atoms with Crippen molar-refractivity contribution in [3.63, 3.8) is 0 Å². The summed E-state index contributed by atoms with van der Waals surface area (Å²) in [5, 5.41) is 2.43. The average molecular weight is 1140 g/mol. The van der Waals surface area contributed by atoms with Crippen molar-refractivity contribution in [1.82, 2.24) is 9.55 Å². The molecule has 2 aliphatic heterocycles. The molecule has 15 rings (SSSR count). The fourth-order valence-corrected chi connectivity index (χ4v) is 13.9. The van der Waals surface area contributed by atoms with Crippen molar-refractivity contribution in [3.8, 4) is 61.6 Å². The lowest BCUT2D eigenvalue weighted by atomic mass is 9.33. The van der Waals surface area contributed by atoms with Crippen molar-refractivity contribution in [2.24, 2.45) is 0 Å². The van der Waals surface area contributed by atoms with Gasteiger partial charge in [-0.3, -0.25) is 4.57 Å². The normalized spacial score (nSPS) is 13.0. The second kappa shape index (κ2) is 20.9. The second-order valence-electron chi connectivity index (χ2n) is 27.2. The zero-order chi connectivity index (χ0) is 60.2. The van der Waals surface area contributed by atoms with E-state index in [9.17, 15) is 0 Å². The first-order valence-electron chi connectivity index (χ1n) is 31.1. The van der Waals surface area contributed by atoms with Crippen LogP contribution >= 0.6 is 0 Å². The van der Waals surface area contributed by atoms with Gasteiger partial charge in [0.25, 0.3) is 6.71 Å². The van der Waals surface area contributed by atoms with Crippen LogP contribution < -0.4 is 26.2 Å². The van der Waals surface area contributed by atoms with Gasteiger partial charge in [-0.2, -0.15) is 0 Å². The first-order chi connectivity index (χ1) is 42.6. The summed E-state index contributed by atoms with van der Waals surface area (Å²) < 4.78 is 2.38. The van der Waals surface area contributed by atoms with E-state index in [4.69, 9.17) is 4.98 Å². The molecular weight excluding hydrogens is 1060 g/mol. The summed E-state index contributed by atoms with van der Waals surface area (Å²) in [6.07, 6.45) is 0. The van der Waals surface area contributed by atoms with E-state index in [1.165, 1.54) is 72.0 Å². The van der Waals surface area contributed by atoms with Crippen LogP contribution in [0, 0.1) is 0 Å². The van der Waals surface area contributed by atoms with Gasteiger partial charge < -0.3 is 9.80 Å². The maximum atomic E-state index is 5.82. The van der Waals surface area contributed by atoms with Gasteiger partial charge in [0.05, 0.1) is 28.1 Å². The Morgan fingerprint density at radius 2 is 0.693 bits per heavy atom. The number of nitrogens with zero attached hydrogens (tertiary/aromatic N) is 4. The minimum absolute atomic E-state index is 0.151. The maximum Gasteiger partial charge on any atom is 0.252 e. The van der Waals surface area contributed by atoms with Gasteiger partial charge in [-0.05, 0) is 126 Å². The molecular formula is C83H71BN4. The zero-order valence-corrected chi connectivity index (χ0v) is 51.8. The average Bonchev–Trinajstić information content (AvgIpc) is 0.841. The van der Waals surface area contributed by atoms with E-state index in [1.54, 1.807) is 0 Å². The van der Waals surface area contributed by atoms with Crippen LogP contribution in [0.4, 0.5) is 34.1 Å². The highest BCUT2D eigenvalue weighted by Crippen LogP contribution is 2.54. The van der Waals surface area contributed by atoms with Crippen LogP contribution in [0.2, 0.25) is 0 Å². The van der Waals surface area contributed by atoms with Crippen molar-refractivity contribution >= 4 is 79.0 Å². The Bertz CT molecular complexity index is 4660. The Balaban J connectivity index is 1.10. The summed E-state index contributed by atoms with van der Waals surface area (Å²) in [6.45, 7) is 20.9. The lowest BCUT2D eigenvalue weighted by Crippen LogP contribution is -2.61. The molecule has 88 heavy (non-hydrogen) atoms. The molecule has 13 aromatic rings. The highest BCUT2D eigenvalue weighted by atomic mass is 15.2. The minimum atomic E-state index is -0.251. The van der Waals surface area contributed by atoms with Gasteiger partial charge in [-0.1, -0.05) is 281 Å².